The molecular weight excluding hydrogens is 370 g/mol. The van der Waals surface area contributed by atoms with Crippen LogP contribution in [0.5, 0.6) is 0 Å². The van der Waals surface area contributed by atoms with E-state index in [1.54, 1.807) is 11.3 Å². The maximum absolute atomic E-state index is 12.5. The number of esters is 1. The molecule has 0 bridgehead atoms. The second-order valence-corrected chi connectivity index (χ2v) is 7.39. The number of carbonyl (C=O) groups excluding carboxylic acids is 2. The Morgan fingerprint density at radius 1 is 0.929 bits per heavy atom. The first-order valence-electron chi connectivity index (χ1n) is 9.28. The summed E-state index contributed by atoms with van der Waals surface area (Å²) >= 11 is 1.58. The van der Waals surface area contributed by atoms with E-state index in [9.17, 15) is 9.59 Å². The van der Waals surface area contributed by atoms with Crippen LogP contribution in [0.15, 0.2) is 78.2 Å². The first-order valence-corrected chi connectivity index (χ1v) is 10.2. The van der Waals surface area contributed by atoms with E-state index in [0.29, 0.717) is 6.42 Å². The normalized spacial score (nSPS) is 12.8. The molecule has 0 aliphatic heterocycles. The Bertz CT molecular complexity index is 879. The van der Waals surface area contributed by atoms with Crippen LogP contribution in [0.1, 0.15) is 41.3 Å². The summed E-state index contributed by atoms with van der Waals surface area (Å²) in [4.78, 5) is 26.0. The Labute approximate surface area is 169 Å². The number of hydrogen-bond donors (Lipinski definition) is 1. The molecule has 1 N–H and O–H groups in total. The van der Waals surface area contributed by atoms with Crippen LogP contribution in [0.4, 0.5) is 0 Å². The molecule has 4 nitrogen and oxygen atoms in total. The monoisotopic (exact) mass is 393 g/mol. The van der Waals surface area contributed by atoms with Gasteiger partial charge in [0.25, 0.3) is 5.91 Å². The first kappa shape index (κ1) is 19.8. The maximum Gasteiger partial charge on any atom is 0.313 e. The van der Waals surface area contributed by atoms with Gasteiger partial charge in [0.15, 0.2) is 6.61 Å². The van der Waals surface area contributed by atoms with E-state index >= 15 is 0 Å². The average molecular weight is 394 g/mol. The van der Waals surface area contributed by atoms with Gasteiger partial charge in [-0.2, -0.15) is 0 Å². The summed E-state index contributed by atoms with van der Waals surface area (Å²) in [7, 11) is 0. The molecule has 0 saturated carbocycles. The lowest BCUT2D eigenvalue weighted by Crippen LogP contribution is -2.33. The van der Waals surface area contributed by atoms with Gasteiger partial charge in [-0.15, -0.1) is 11.3 Å². The van der Waals surface area contributed by atoms with Crippen LogP contribution < -0.4 is 5.32 Å². The van der Waals surface area contributed by atoms with Crippen molar-refractivity contribution in [2.24, 2.45) is 0 Å². The van der Waals surface area contributed by atoms with E-state index in [2.05, 4.69) is 5.32 Å². The van der Waals surface area contributed by atoms with Gasteiger partial charge in [-0.25, -0.2) is 0 Å². The highest BCUT2D eigenvalue weighted by Gasteiger charge is 2.22. The Balaban J connectivity index is 1.63. The molecule has 2 aromatic carbocycles. The Morgan fingerprint density at radius 2 is 1.57 bits per heavy atom. The molecule has 1 heterocycles. The molecule has 2 atom stereocenters. The molecule has 0 aliphatic rings. The van der Waals surface area contributed by atoms with E-state index in [4.69, 9.17) is 4.74 Å². The lowest BCUT2D eigenvalue weighted by Gasteiger charge is -2.19. The lowest BCUT2D eigenvalue weighted by molar-refractivity contribution is -0.150. The van der Waals surface area contributed by atoms with Gasteiger partial charge in [-0.3, -0.25) is 9.59 Å². The number of nitrogens with one attached hydrogen (secondary N) is 1. The third-order valence-corrected chi connectivity index (χ3v) is 5.44. The second-order valence-electron chi connectivity index (χ2n) is 6.41. The molecule has 1 amide bonds. The van der Waals surface area contributed by atoms with Gasteiger partial charge in [-0.1, -0.05) is 73.7 Å². The quantitative estimate of drug-likeness (QED) is 0.565. The Kier molecular flexibility index (Phi) is 6.98. The number of carbonyl (C=O) groups is 2. The first-order chi connectivity index (χ1) is 13.7. The predicted molar refractivity (Wildman–Crippen MR) is 111 cm³/mol. The fraction of sp³-hybridized carbons (Fsp3) is 0.217. The van der Waals surface area contributed by atoms with E-state index in [1.165, 1.54) is 0 Å². The minimum Gasteiger partial charge on any atom is -0.455 e. The fourth-order valence-electron chi connectivity index (χ4n) is 3.08. The molecule has 1 aromatic heterocycles. The maximum atomic E-state index is 12.5. The Hall–Kier alpha value is -2.92. The minimum absolute atomic E-state index is 0.261. The summed E-state index contributed by atoms with van der Waals surface area (Å²) in [5, 5.41) is 4.96. The molecule has 3 rings (SSSR count). The number of ether oxygens (including phenoxy) is 1. The smallest absolute Gasteiger partial charge is 0.313 e. The van der Waals surface area contributed by atoms with Crippen LogP contribution >= 0.6 is 11.3 Å². The highest BCUT2D eigenvalue weighted by atomic mass is 32.1. The molecule has 0 unspecified atom stereocenters. The summed E-state index contributed by atoms with van der Waals surface area (Å²) in [6, 6.07) is 22.9. The van der Waals surface area contributed by atoms with Crippen LogP contribution in [0.25, 0.3) is 0 Å². The topological polar surface area (TPSA) is 55.4 Å². The van der Waals surface area contributed by atoms with Crippen LogP contribution in [-0.2, 0) is 14.3 Å². The largest absolute Gasteiger partial charge is 0.455 e. The highest BCUT2D eigenvalue weighted by Crippen LogP contribution is 2.26. The average Bonchev–Trinajstić information content (AvgIpc) is 3.27. The molecule has 144 valence electrons. The molecule has 0 spiro atoms. The number of benzene rings is 2. The molecule has 28 heavy (non-hydrogen) atoms. The van der Waals surface area contributed by atoms with E-state index in [1.807, 2.05) is 85.1 Å². The molecule has 0 saturated heterocycles. The van der Waals surface area contributed by atoms with Gasteiger partial charge in [0.1, 0.15) is 0 Å². The third-order valence-electron chi connectivity index (χ3n) is 4.51. The molecule has 0 aliphatic carbocycles. The van der Waals surface area contributed by atoms with Crippen LogP contribution in [0, 0.1) is 0 Å². The summed E-state index contributed by atoms with van der Waals surface area (Å²) in [5.41, 5.74) is 1.89. The molecule has 0 fully saturated rings. The van der Waals surface area contributed by atoms with Crippen molar-refractivity contribution < 1.29 is 14.3 Å². The van der Waals surface area contributed by atoms with E-state index < -0.39 is 0 Å². The van der Waals surface area contributed by atoms with Gasteiger partial charge in [-0.05, 0) is 29.0 Å². The number of rotatable bonds is 8. The van der Waals surface area contributed by atoms with Crippen molar-refractivity contribution >= 4 is 23.2 Å². The predicted octanol–water partition coefficient (Wildman–Crippen LogP) is 4.69. The van der Waals surface area contributed by atoms with Crippen molar-refractivity contribution in [3.63, 3.8) is 0 Å². The SMILES string of the molecule is CC[C@H](C(=O)OCC(=O)N[C@@H](c1ccccc1)c1cccs1)c1ccccc1. The van der Waals surface area contributed by atoms with Gasteiger partial charge < -0.3 is 10.1 Å². The summed E-state index contributed by atoms with van der Waals surface area (Å²) in [6.07, 6.45) is 0.617. The molecule has 5 heteroatoms. The van der Waals surface area contributed by atoms with Crippen molar-refractivity contribution in [2.75, 3.05) is 6.61 Å². The van der Waals surface area contributed by atoms with Gasteiger partial charge >= 0.3 is 5.97 Å². The van der Waals surface area contributed by atoms with Crippen molar-refractivity contribution in [1.29, 1.82) is 0 Å². The zero-order valence-electron chi connectivity index (χ0n) is 15.7. The third kappa shape index (κ3) is 5.08. The molecule has 0 radical (unpaired) electrons. The summed E-state index contributed by atoms with van der Waals surface area (Å²) in [6.45, 7) is 1.64. The van der Waals surface area contributed by atoms with E-state index in [0.717, 1.165) is 16.0 Å². The van der Waals surface area contributed by atoms with Gasteiger partial charge in [0, 0.05) is 4.88 Å². The zero-order valence-corrected chi connectivity index (χ0v) is 16.5. The van der Waals surface area contributed by atoms with Gasteiger partial charge in [0.05, 0.1) is 12.0 Å². The lowest BCUT2D eigenvalue weighted by atomic mass is 9.97. The number of thiophene rings is 1. The van der Waals surface area contributed by atoms with E-state index in [-0.39, 0.29) is 30.4 Å². The van der Waals surface area contributed by atoms with Crippen LogP contribution in [0.2, 0.25) is 0 Å². The standard InChI is InChI=1S/C23H23NO3S/c1-2-19(17-10-5-3-6-11-17)23(26)27-16-21(25)24-22(20-14-9-15-28-20)18-12-7-4-8-13-18/h3-15,19,22H,2,16H2,1H3,(H,24,25)/t19-,22-/m0/s1. The highest BCUT2D eigenvalue weighted by molar-refractivity contribution is 7.10. The Morgan fingerprint density at radius 3 is 2.14 bits per heavy atom. The summed E-state index contributed by atoms with van der Waals surface area (Å²) < 4.78 is 5.32. The van der Waals surface area contributed by atoms with Crippen molar-refractivity contribution in [3.8, 4) is 0 Å². The van der Waals surface area contributed by atoms with Crippen molar-refractivity contribution in [2.45, 2.75) is 25.3 Å². The van der Waals surface area contributed by atoms with Crippen molar-refractivity contribution in [3.05, 3.63) is 94.2 Å². The van der Waals surface area contributed by atoms with Crippen molar-refractivity contribution in [1.82, 2.24) is 5.32 Å². The molecular formula is C23H23NO3S. The molecule has 3 aromatic rings. The van der Waals surface area contributed by atoms with Gasteiger partial charge in [0.2, 0.25) is 0 Å². The van der Waals surface area contributed by atoms with Crippen LogP contribution in [0.3, 0.4) is 0 Å². The number of amides is 1. The second kappa shape index (κ2) is 9.85. The number of hydrogen-bond acceptors (Lipinski definition) is 4. The summed E-state index contributed by atoms with van der Waals surface area (Å²) in [5.74, 6) is -1.06. The zero-order chi connectivity index (χ0) is 19.8. The minimum atomic E-state index is -0.378. The van der Waals surface area contributed by atoms with Crippen LogP contribution in [-0.4, -0.2) is 18.5 Å². The fourth-order valence-corrected chi connectivity index (χ4v) is 3.89.